The number of rotatable bonds is 3. The Balaban J connectivity index is 2.13. The summed E-state index contributed by atoms with van der Waals surface area (Å²) in [4.78, 5) is 0. The summed E-state index contributed by atoms with van der Waals surface area (Å²) in [6.07, 6.45) is -4.29. The Bertz CT molecular complexity index is 620. The second kappa shape index (κ2) is 6.10. The third kappa shape index (κ3) is 4.00. The first-order valence-electron chi connectivity index (χ1n) is 6.47. The van der Waals surface area contributed by atoms with Crippen molar-refractivity contribution in [3.8, 4) is 0 Å². The van der Waals surface area contributed by atoms with Crippen LogP contribution >= 0.6 is 15.9 Å². The van der Waals surface area contributed by atoms with E-state index >= 15 is 0 Å². The van der Waals surface area contributed by atoms with Crippen LogP contribution in [0.3, 0.4) is 0 Å². The Morgan fingerprint density at radius 1 is 1.05 bits per heavy atom. The molecule has 0 amide bonds. The molecule has 0 saturated carbocycles. The summed E-state index contributed by atoms with van der Waals surface area (Å²) in [7, 11) is 0. The number of hydrogen-bond acceptors (Lipinski definition) is 1. The first-order valence-corrected chi connectivity index (χ1v) is 7.26. The van der Waals surface area contributed by atoms with Crippen LogP contribution in [0.15, 0.2) is 46.9 Å². The molecule has 0 heterocycles. The van der Waals surface area contributed by atoms with E-state index in [9.17, 15) is 13.2 Å². The smallest absolute Gasteiger partial charge is 0.379 e. The topological polar surface area (TPSA) is 12.0 Å². The van der Waals surface area contributed by atoms with Crippen molar-refractivity contribution < 1.29 is 13.2 Å². The lowest BCUT2D eigenvalue weighted by molar-refractivity contribution is -0.137. The van der Waals surface area contributed by atoms with E-state index in [-0.39, 0.29) is 6.04 Å². The number of anilines is 1. The zero-order valence-electron chi connectivity index (χ0n) is 11.6. The van der Waals surface area contributed by atoms with Gasteiger partial charge in [-0.25, -0.2) is 0 Å². The van der Waals surface area contributed by atoms with Crippen molar-refractivity contribution in [2.75, 3.05) is 5.32 Å². The Morgan fingerprint density at radius 2 is 1.67 bits per heavy atom. The maximum atomic E-state index is 12.5. The number of benzene rings is 2. The van der Waals surface area contributed by atoms with E-state index < -0.39 is 11.7 Å². The fourth-order valence-electron chi connectivity index (χ4n) is 2.03. The van der Waals surface area contributed by atoms with Crippen LogP contribution in [-0.2, 0) is 6.18 Å². The molecule has 0 aliphatic heterocycles. The third-order valence-electron chi connectivity index (χ3n) is 3.28. The summed E-state index contributed by atoms with van der Waals surface area (Å²) >= 11 is 3.43. The number of nitrogens with one attached hydrogen (secondary N) is 1. The highest BCUT2D eigenvalue weighted by Gasteiger charge is 2.30. The molecule has 2 rings (SSSR count). The number of halogens is 4. The summed E-state index contributed by atoms with van der Waals surface area (Å²) < 4.78 is 38.6. The van der Waals surface area contributed by atoms with E-state index in [1.165, 1.54) is 12.1 Å². The molecule has 0 aliphatic carbocycles. The molecule has 5 heteroatoms. The highest BCUT2D eigenvalue weighted by Crippen LogP contribution is 2.30. The van der Waals surface area contributed by atoms with E-state index in [0.29, 0.717) is 0 Å². The van der Waals surface area contributed by atoms with Gasteiger partial charge in [-0.05, 0) is 55.3 Å². The normalized spacial score (nSPS) is 13.0. The molecule has 2 aromatic carbocycles. The number of aryl methyl sites for hydroxylation is 1. The standard InChI is InChI=1S/C16H15BrF3N/c1-10-9-14(7-8-15(10)17)21-11(2)12-3-5-13(6-4-12)16(18,19)20/h3-9,11,21H,1-2H3. The van der Waals surface area contributed by atoms with Gasteiger partial charge in [0, 0.05) is 16.2 Å². The van der Waals surface area contributed by atoms with E-state index in [1.54, 1.807) is 0 Å². The summed E-state index contributed by atoms with van der Waals surface area (Å²) in [6.45, 7) is 3.90. The minimum atomic E-state index is -4.29. The fraction of sp³-hybridized carbons (Fsp3) is 0.250. The molecular formula is C16H15BrF3N. The second-order valence-corrected chi connectivity index (χ2v) is 5.80. The van der Waals surface area contributed by atoms with Crippen molar-refractivity contribution in [3.63, 3.8) is 0 Å². The number of alkyl halides is 3. The summed E-state index contributed by atoms with van der Waals surface area (Å²) in [5.41, 5.74) is 2.21. The van der Waals surface area contributed by atoms with Gasteiger partial charge in [-0.1, -0.05) is 28.1 Å². The van der Waals surface area contributed by atoms with Gasteiger partial charge in [0.1, 0.15) is 0 Å². The van der Waals surface area contributed by atoms with Crippen LogP contribution in [0.25, 0.3) is 0 Å². The summed E-state index contributed by atoms with van der Waals surface area (Å²) in [6, 6.07) is 11.0. The molecular weight excluding hydrogens is 343 g/mol. The van der Waals surface area contributed by atoms with Gasteiger partial charge in [0.25, 0.3) is 0 Å². The first-order chi connectivity index (χ1) is 9.77. The fourth-order valence-corrected chi connectivity index (χ4v) is 2.28. The Morgan fingerprint density at radius 3 is 2.19 bits per heavy atom. The third-order valence-corrected chi connectivity index (χ3v) is 4.17. The van der Waals surface area contributed by atoms with Crippen LogP contribution in [0.1, 0.15) is 29.7 Å². The van der Waals surface area contributed by atoms with E-state index in [4.69, 9.17) is 0 Å². The van der Waals surface area contributed by atoms with Gasteiger partial charge < -0.3 is 5.32 Å². The van der Waals surface area contributed by atoms with Crippen molar-refractivity contribution >= 4 is 21.6 Å². The molecule has 0 spiro atoms. The lowest BCUT2D eigenvalue weighted by Crippen LogP contribution is -2.09. The van der Waals surface area contributed by atoms with Crippen LogP contribution in [0.5, 0.6) is 0 Å². The van der Waals surface area contributed by atoms with Gasteiger partial charge in [0.2, 0.25) is 0 Å². The molecule has 0 fully saturated rings. The molecule has 0 aliphatic rings. The predicted molar refractivity (Wildman–Crippen MR) is 82.4 cm³/mol. The largest absolute Gasteiger partial charge is 0.416 e. The predicted octanol–water partition coefficient (Wildman–Crippen LogP) is 5.95. The van der Waals surface area contributed by atoms with Gasteiger partial charge >= 0.3 is 6.18 Å². The van der Waals surface area contributed by atoms with E-state index in [2.05, 4.69) is 21.2 Å². The van der Waals surface area contributed by atoms with E-state index in [1.807, 2.05) is 32.0 Å². The zero-order valence-corrected chi connectivity index (χ0v) is 13.2. The summed E-state index contributed by atoms with van der Waals surface area (Å²) in [5, 5.41) is 3.28. The maximum Gasteiger partial charge on any atom is 0.416 e. The SMILES string of the molecule is Cc1cc(NC(C)c2ccc(C(F)(F)F)cc2)ccc1Br. The van der Waals surface area contributed by atoms with Crippen LogP contribution < -0.4 is 5.32 Å². The van der Waals surface area contributed by atoms with Crippen molar-refractivity contribution in [3.05, 3.63) is 63.6 Å². The Kier molecular flexibility index (Phi) is 4.61. The molecule has 21 heavy (non-hydrogen) atoms. The minimum absolute atomic E-state index is 0.0761. The molecule has 0 radical (unpaired) electrons. The van der Waals surface area contributed by atoms with Gasteiger partial charge in [-0.2, -0.15) is 13.2 Å². The van der Waals surface area contributed by atoms with Crippen molar-refractivity contribution in [1.29, 1.82) is 0 Å². The van der Waals surface area contributed by atoms with Crippen molar-refractivity contribution in [1.82, 2.24) is 0 Å². The van der Waals surface area contributed by atoms with Crippen LogP contribution in [0, 0.1) is 6.92 Å². The van der Waals surface area contributed by atoms with Crippen molar-refractivity contribution in [2.24, 2.45) is 0 Å². The minimum Gasteiger partial charge on any atom is -0.379 e. The van der Waals surface area contributed by atoms with Gasteiger partial charge in [-0.3, -0.25) is 0 Å². The molecule has 0 bridgehead atoms. The van der Waals surface area contributed by atoms with E-state index in [0.717, 1.165) is 33.4 Å². The van der Waals surface area contributed by atoms with Gasteiger partial charge in [-0.15, -0.1) is 0 Å². The second-order valence-electron chi connectivity index (χ2n) is 4.95. The first kappa shape index (κ1) is 15.9. The Hall–Kier alpha value is -1.49. The molecule has 0 saturated heterocycles. The van der Waals surface area contributed by atoms with Gasteiger partial charge in [0.15, 0.2) is 0 Å². The Labute approximate surface area is 130 Å². The molecule has 1 nitrogen and oxygen atoms in total. The maximum absolute atomic E-state index is 12.5. The lowest BCUT2D eigenvalue weighted by Gasteiger charge is -2.17. The average Bonchev–Trinajstić information content (AvgIpc) is 2.42. The highest BCUT2D eigenvalue weighted by atomic mass is 79.9. The molecule has 0 aromatic heterocycles. The molecule has 112 valence electrons. The van der Waals surface area contributed by atoms with Gasteiger partial charge in [0.05, 0.1) is 5.56 Å². The van der Waals surface area contributed by atoms with Crippen LogP contribution in [-0.4, -0.2) is 0 Å². The zero-order chi connectivity index (χ0) is 15.6. The van der Waals surface area contributed by atoms with Crippen molar-refractivity contribution in [2.45, 2.75) is 26.1 Å². The molecule has 1 unspecified atom stereocenters. The lowest BCUT2D eigenvalue weighted by atomic mass is 10.1. The monoisotopic (exact) mass is 357 g/mol. The molecule has 2 aromatic rings. The van der Waals surface area contributed by atoms with Crippen LogP contribution in [0.4, 0.5) is 18.9 Å². The summed E-state index contributed by atoms with van der Waals surface area (Å²) in [5.74, 6) is 0. The number of hydrogen-bond donors (Lipinski definition) is 1. The molecule has 1 N–H and O–H groups in total. The quantitative estimate of drug-likeness (QED) is 0.715. The highest BCUT2D eigenvalue weighted by molar-refractivity contribution is 9.10. The molecule has 1 atom stereocenters. The average molecular weight is 358 g/mol. The van der Waals surface area contributed by atoms with Crippen LogP contribution in [0.2, 0.25) is 0 Å².